The van der Waals surface area contributed by atoms with Crippen LogP contribution >= 0.6 is 0 Å². The number of carbonyl (C=O) groups is 1. The number of hydrogen-bond donors (Lipinski definition) is 0. The number of pyridine rings is 1. The molecule has 126 valence electrons. The zero-order chi connectivity index (χ0) is 17.8. The minimum atomic E-state index is -0.463. The van der Waals surface area contributed by atoms with Gasteiger partial charge in [-0.25, -0.2) is 9.79 Å². The summed E-state index contributed by atoms with van der Waals surface area (Å²) in [6.07, 6.45) is 4.63. The molecule has 0 unspecified atom stereocenters. The summed E-state index contributed by atoms with van der Waals surface area (Å²) in [5, 5.41) is 0. The summed E-state index contributed by atoms with van der Waals surface area (Å²) in [4.78, 5) is 34.1. The van der Waals surface area contributed by atoms with E-state index in [4.69, 9.17) is 0 Å². The fourth-order valence-corrected chi connectivity index (χ4v) is 2.95. The van der Waals surface area contributed by atoms with Gasteiger partial charge >= 0.3 is 0 Å². The molecule has 0 radical (unpaired) electrons. The Hall–Kier alpha value is -3.04. The number of amides is 1. The largest absolute Gasteiger partial charge is 0.309 e. The monoisotopic (exact) mass is 333 g/mol. The van der Waals surface area contributed by atoms with Crippen LogP contribution in [0.15, 0.2) is 53.3 Å². The third-order valence-electron chi connectivity index (χ3n) is 4.26. The zero-order valence-corrected chi connectivity index (χ0v) is 14.3. The van der Waals surface area contributed by atoms with E-state index < -0.39 is 5.91 Å². The molecule has 5 heteroatoms. The number of unbranched alkanes of at least 4 members (excludes halogenated alkanes) is 1. The third kappa shape index (κ3) is 3.14. The molecule has 5 nitrogen and oxygen atoms in total. The third-order valence-corrected chi connectivity index (χ3v) is 4.26. The average molecular weight is 333 g/mol. The van der Waals surface area contributed by atoms with Crippen molar-refractivity contribution in [3.63, 3.8) is 0 Å². The minimum Gasteiger partial charge on any atom is -0.309 e. The van der Waals surface area contributed by atoms with Gasteiger partial charge < -0.3 is 4.90 Å². The summed E-state index contributed by atoms with van der Waals surface area (Å²) < 4.78 is 0. The molecule has 1 aliphatic heterocycles. The Morgan fingerprint density at radius 2 is 2.00 bits per heavy atom. The number of fused-ring (bicyclic) bond motifs is 1. The van der Waals surface area contributed by atoms with Gasteiger partial charge in [-0.3, -0.25) is 9.78 Å². The number of likely N-dealkylation sites (N-methyl/N-ethyl adjacent to an activating group) is 1. The fourth-order valence-electron chi connectivity index (χ4n) is 2.95. The van der Waals surface area contributed by atoms with Crippen molar-refractivity contribution in [2.75, 3.05) is 11.9 Å². The van der Waals surface area contributed by atoms with Crippen LogP contribution in [-0.2, 0) is 16.0 Å². The van der Waals surface area contributed by atoms with Crippen LogP contribution in [0.3, 0.4) is 0 Å². The van der Waals surface area contributed by atoms with Crippen molar-refractivity contribution in [2.45, 2.75) is 26.2 Å². The first-order chi connectivity index (χ1) is 12.2. The molecule has 1 aliphatic rings. The fraction of sp³-hybridized carbons (Fsp3) is 0.250. The van der Waals surface area contributed by atoms with Crippen LogP contribution in [0.25, 0.3) is 0 Å². The van der Waals surface area contributed by atoms with Crippen LogP contribution in [-0.4, -0.2) is 29.6 Å². The topological polar surface area (TPSA) is 62.6 Å². The van der Waals surface area contributed by atoms with E-state index in [1.807, 2.05) is 36.4 Å². The lowest BCUT2D eigenvalue weighted by Gasteiger charge is -2.20. The Kier molecular flexibility index (Phi) is 4.87. The molecule has 0 fully saturated rings. The number of carbonyl (C=O) groups excluding carboxylic acids is 2. The quantitative estimate of drug-likeness (QED) is 0.638. The first-order valence-corrected chi connectivity index (χ1v) is 8.33. The van der Waals surface area contributed by atoms with Crippen molar-refractivity contribution in [3.05, 3.63) is 65.1 Å². The molecule has 0 saturated heterocycles. The summed E-state index contributed by atoms with van der Waals surface area (Å²) in [6.45, 7) is 2.14. The van der Waals surface area contributed by atoms with Crippen LogP contribution in [0.4, 0.5) is 5.69 Å². The van der Waals surface area contributed by atoms with Crippen molar-refractivity contribution in [3.8, 4) is 0 Å². The first-order valence-electron chi connectivity index (χ1n) is 8.33. The van der Waals surface area contributed by atoms with E-state index in [1.165, 1.54) is 4.90 Å². The molecule has 0 aliphatic carbocycles. The van der Waals surface area contributed by atoms with Gasteiger partial charge in [0, 0.05) is 18.8 Å². The summed E-state index contributed by atoms with van der Waals surface area (Å²) in [6, 6.07) is 11.4. The first kappa shape index (κ1) is 16.8. The smallest absolute Gasteiger partial charge is 0.288 e. The summed E-state index contributed by atoms with van der Waals surface area (Å²) >= 11 is 0. The molecule has 2 aromatic rings. The van der Waals surface area contributed by atoms with Gasteiger partial charge in [-0.1, -0.05) is 31.5 Å². The maximum absolute atomic E-state index is 12.5. The highest BCUT2D eigenvalue weighted by atomic mass is 16.2. The van der Waals surface area contributed by atoms with E-state index in [0.717, 1.165) is 36.1 Å². The van der Waals surface area contributed by atoms with Crippen LogP contribution < -0.4 is 4.90 Å². The average Bonchev–Trinajstić information content (AvgIpc) is 2.77. The van der Waals surface area contributed by atoms with Gasteiger partial charge in [0.05, 0.1) is 11.4 Å². The lowest BCUT2D eigenvalue weighted by molar-refractivity contribution is -0.114. The zero-order valence-electron chi connectivity index (χ0n) is 14.3. The number of benzene rings is 1. The van der Waals surface area contributed by atoms with Crippen LogP contribution in [0.2, 0.25) is 0 Å². The second-order valence-electron chi connectivity index (χ2n) is 5.91. The van der Waals surface area contributed by atoms with Gasteiger partial charge in [-0.15, -0.1) is 0 Å². The van der Waals surface area contributed by atoms with Crippen molar-refractivity contribution >= 4 is 23.2 Å². The molecule has 0 N–H and O–H groups in total. The second-order valence-corrected chi connectivity index (χ2v) is 5.91. The van der Waals surface area contributed by atoms with E-state index in [1.54, 1.807) is 19.2 Å². The number of rotatable bonds is 4. The lowest BCUT2D eigenvalue weighted by Crippen LogP contribution is -2.27. The molecule has 1 aromatic heterocycles. The van der Waals surface area contributed by atoms with Crippen molar-refractivity contribution in [1.82, 2.24) is 4.98 Å². The minimum absolute atomic E-state index is 0.235. The molecule has 2 heterocycles. The molecule has 1 amide bonds. The predicted molar refractivity (Wildman–Crippen MR) is 97.5 cm³/mol. The molecule has 0 saturated carbocycles. The number of benzodiazepines with no additional fused rings is 1. The SMILES string of the molecule is CCCCc1cccc2c1C(c1ccccn1)=NC(=C=O)C(=O)N2C. The maximum Gasteiger partial charge on any atom is 0.288 e. The van der Waals surface area contributed by atoms with Crippen molar-refractivity contribution in [2.24, 2.45) is 4.99 Å². The summed E-state index contributed by atoms with van der Waals surface area (Å²) in [5.74, 6) is 1.22. The molecular formula is C20H19N3O2. The summed E-state index contributed by atoms with van der Waals surface area (Å²) in [7, 11) is 1.65. The van der Waals surface area contributed by atoms with E-state index in [-0.39, 0.29) is 5.70 Å². The Morgan fingerprint density at radius 1 is 1.16 bits per heavy atom. The Bertz CT molecular complexity index is 881. The Morgan fingerprint density at radius 3 is 2.68 bits per heavy atom. The number of hydrogen-bond acceptors (Lipinski definition) is 4. The highest BCUT2D eigenvalue weighted by Crippen LogP contribution is 2.31. The van der Waals surface area contributed by atoms with Gasteiger partial charge in [-0.2, -0.15) is 0 Å². The van der Waals surface area contributed by atoms with Crippen LogP contribution in [0, 0.1) is 0 Å². The summed E-state index contributed by atoms with van der Waals surface area (Å²) in [5.41, 5.74) is 3.61. The van der Waals surface area contributed by atoms with Gasteiger partial charge in [-0.05, 0) is 36.6 Å². The number of aryl methyl sites for hydroxylation is 1. The second kappa shape index (κ2) is 7.24. The van der Waals surface area contributed by atoms with Crippen molar-refractivity contribution in [1.29, 1.82) is 0 Å². The Labute approximate surface area is 146 Å². The lowest BCUT2D eigenvalue weighted by atomic mass is 9.94. The standard InChI is InChI=1S/C20H19N3O2/c1-3-4-8-14-9-7-11-17-18(14)19(15-10-5-6-12-21-15)22-16(13-24)20(25)23(17)2/h5-7,9-12H,3-4,8H2,1-2H3. The molecule has 3 rings (SSSR count). The highest BCUT2D eigenvalue weighted by molar-refractivity contribution is 6.24. The number of anilines is 1. The number of aliphatic imine (C=N–C) groups is 1. The molecule has 1 aromatic carbocycles. The van der Waals surface area contributed by atoms with E-state index in [0.29, 0.717) is 11.4 Å². The van der Waals surface area contributed by atoms with E-state index in [2.05, 4.69) is 16.9 Å². The number of nitrogens with zero attached hydrogens (tertiary/aromatic N) is 3. The van der Waals surface area contributed by atoms with Crippen LogP contribution in [0.1, 0.15) is 36.6 Å². The Balaban J connectivity index is 2.31. The number of aromatic nitrogens is 1. The van der Waals surface area contributed by atoms with E-state index >= 15 is 0 Å². The van der Waals surface area contributed by atoms with Crippen LogP contribution in [0.5, 0.6) is 0 Å². The normalized spacial score (nSPS) is 13.8. The van der Waals surface area contributed by atoms with Gasteiger partial charge in [0.2, 0.25) is 5.70 Å². The van der Waals surface area contributed by atoms with Crippen molar-refractivity contribution < 1.29 is 9.59 Å². The van der Waals surface area contributed by atoms with Gasteiger partial charge in [0.15, 0.2) is 5.94 Å². The maximum atomic E-state index is 12.5. The molecule has 0 spiro atoms. The van der Waals surface area contributed by atoms with Gasteiger partial charge in [0.25, 0.3) is 5.91 Å². The highest BCUT2D eigenvalue weighted by Gasteiger charge is 2.28. The molecular weight excluding hydrogens is 314 g/mol. The predicted octanol–water partition coefficient (Wildman–Crippen LogP) is 2.95. The molecule has 25 heavy (non-hydrogen) atoms. The molecule has 0 atom stereocenters. The van der Waals surface area contributed by atoms with Gasteiger partial charge in [0.1, 0.15) is 5.71 Å². The van der Waals surface area contributed by atoms with E-state index in [9.17, 15) is 9.59 Å². The molecule has 0 bridgehead atoms.